The van der Waals surface area contributed by atoms with Crippen LogP contribution in [0.2, 0.25) is 0 Å². The smallest absolute Gasteiger partial charge is 0.339 e. The van der Waals surface area contributed by atoms with Crippen LogP contribution in [0.5, 0.6) is 5.75 Å². The van der Waals surface area contributed by atoms with Crippen molar-refractivity contribution < 1.29 is 19.4 Å². The van der Waals surface area contributed by atoms with Gasteiger partial charge in [-0.2, -0.15) is 0 Å². The van der Waals surface area contributed by atoms with E-state index in [9.17, 15) is 9.90 Å². The standard InChI is InChI=1S/C15H15NO4S/c1-10-16-11(9-21-10)7-20-14-6-4-3-5-12(14)13(8-19-2)15(17)18/h3-6,8-9H,7H2,1-2H3,(H,17,18)/b13-8-. The third kappa shape index (κ3) is 3.82. The topological polar surface area (TPSA) is 68.7 Å². The number of benzene rings is 1. The molecule has 0 aliphatic heterocycles. The van der Waals surface area contributed by atoms with Gasteiger partial charge in [-0.3, -0.25) is 0 Å². The third-order valence-corrected chi connectivity index (χ3v) is 3.51. The predicted molar refractivity (Wildman–Crippen MR) is 80.2 cm³/mol. The number of carboxylic acids is 1. The number of ether oxygens (including phenoxy) is 2. The first kappa shape index (κ1) is 15.1. The maximum atomic E-state index is 11.3. The minimum atomic E-state index is -1.07. The molecular formula is C15H15NO4S. The van der Waals surface area contributed by atoms with Crippen molar-refractivity contribution in [2.24, 2.45) is 0 Å². The van der Waals surface area contributed by atoms with E-state index in [1.165, 1.54) is 13.4 Å². The van der Waals surface area contributed by atoms with Crippen LogP contribution in [0.1, 0.15) is 16.3 Å². The first-order valence-electron chi connectivity index (χ1n) is 6.21. The van der Waals surface area contributed by atoms with Crippen LogP contribution in [0.4, 0.5) is 0 Å². The van der Waals surface area contributed by atoms with E-state index in [2.05, 4.69) is 4.98 Å². The largest absolute Gasteiger partial charge is 0.503 e. The number of carboxylic acid groups (broad SMARTS) is 1. The van der Waals surface area contributed by atoms with E-state index >= 15 is 0 Å². The fourth-order valence-electron chi connectivity index (χ4n) is 1.79. The highest BCUT2D eigenvalue weighted by atomic mass is 32.1. The molecule has 2 aromatic rings. The zero-order chi connectivity index (χ0) is 15.2. The molecule has 0 bridgehead atoms. The van der Waals surface area contributed by atoms with Crippen LogP contribution >= 0.6 is 11.3 Å². The van der Waals surface area contributed by atoms with Crippen molar-refractivity contribution in [2.45, 2.75) is 13.5 Å². The molecule has 1 N–H and O–H groups in total. The first-order valence-corrected chi connectivity index (χ1v) is 7.09. The average molecular weight is 305 g/mol. The van der Waals surface area contributed by atoms with Crippen LogP contribution in [-0.4, -0.2) is 23.2 Å². The van der Waals surface area contributed by atoms with Crippen molar-refractivity contribution in [2.75, 3.05) is 7.11 Å². The number of hydrogen-bond acceptors (Lipinski definition) is 5. The van der Waals surface area contributed by atoms with Crippen molar-refractivity contribution in [3.8, 4) is 5.75 Å². The van der Waals surface area contributed by atoms with E-state index in [1.807, 2.05) is 12.3 Å². The molecule has 0 atom stereocenters. The lowest BCUT2D eigenvalue weighted by molar-refractivity contribution is -0.130. The Morgan fingerprint density at radius 2 is 2.19 bits per heavy atom. The van der Waals surface area contributed by atoms with Crippen molar-refractivity contribution in [3.05, 3.63) is 52.2 Å². The van der Waals surface area contributed by atoms with Gasteiger partial charge in [-0.15, -0.1) is 11.3 Å². The lowest BCUT2D eigenvalue weighted by atomic mass is 10.1. The molecule has 0 fully saturated rings. The van der Waals surface area contributed by atoms with Gasteiger partial charge in [0.25, 0.3) is 0 Å². The maximum Gasteiger partial charge on any atom is 0.339 e. The van der Waals surface area contributed by atoms with Crippen molar-refractivity contribution in [1.29, 1.82) is 0 Å². The SMILES string of the molecule is CO/C=C(\C(=O)O)c1ccccc1OCc1csc(C)n1. The molecule has 0 amide bonds. The zero-order valence-electron chi connectivity index (χ0n) is 11.7. The van der Waals surface area contributed by atoms with Crippen molar-refractivity contribution in [3.63, 3.8) is 0 Å². The summed E-state index contributed by atoms with van der Waals surface area (Å²) < 4.78 is 10.5. The summed E-state index contributed by atoms with van der Waals surface area (Å²) in [6.07, 6.45) is 1.19. The summed E-state index contributed by atoms with van der Waals surface area (Å²) in [5.41, 5.74) is 1.33. The van der Waals surface area contributed by atoms with Crippen LogP contribution in [-0.2, 0) is 16.1 Å². The number of para-hydroxylation sites is 1. The van der Waals surface area contributed by atoms with Crippen LogP contribution < -0.4 is 4.74 Å². The first-order chi connectivity index (χ1) is 10.1. The van der Waals surface area contributed by atoms with E-state index in [1.54, 1.807) is 35.6 Å². The molecule has 0 aliphatic rings. The Balaban J connectivity index is 2.24. The van der Waals surface area contributed by atoms with Gasteiger partial charge < -0.3 is 14.6 Å². The van der Waals surface area contributed by atoms with Crippen LogP contribution in [0.3, 0.4) is 0 Å². The molecule has 110 valence electrons. The molecule has 1 heterocycles. The minimum Gasteiger partial charge on any atom is -0.503 e. The normalized spacial score (nSPS) is 11.2. The van der Waals surface area contributed by atoms with Crippen molar-refractivity contribution in [1.82, 2.24) is 4.98 Å². The lowest BCUT2D eigenvalue weighted by Crippen LogP contribution is -2.04. The maximum absolute atomic E-state index is 11.3. The molecule has 0 aliphatic carbocycles. The average Bonchev–Trinajstić information content (AvgIpc) is 2.88. The minimum absolute atomic E-state index is 0.0440. The number of rotatable bonds is 6. The number of aromatic nitrogens is 1. The fourth-order valence-corrected chi connectivity index (χ4v) is 2.39. The van der Waals surface area contributed by atoms with E-state index in [-0.39, 0.29) is 5.57 Å². The summed E-state index contributed by atoms with van der Waals surface area (Å²) in [5.74, 6) is -0.591. The van der Waals surface area contributed by atoms with E-state index < -0.39 is 5.97 Å². The second-order valence-corrected chi connectivity index (χ2v) is 5.28. The molecule has 0 saturated heterocycles. The highest BCUT2D eigenvalue weighted by molar-refractivity contribution is 7.09. The molecule has 2 rings (SSSR count). The second kappa shape index (κ2) is 6.90. The highest BCUT2D eigenvalue weighted by Gasteiger charge is 2.16. The summed E-state index contributed by atoms with van der Waals surface area (Å²) in [7, 11) is 1.41. The number of hydrogen-bond donors (Lipinski definition) is 1. The van der Waals surface area contributed by atoms with Gasteiger partial charge in [0.1, 0.15) is 17.9 Å². The van der Waals surface area contributed by atoms with Gasteiger partial charge >= 0.3 is 5.97 Å². The van der Waals surface area contributed by atoms with E-state index in [4.69, 9.17) is 9.47 Å². The molecule has 1 aromatic carbocycles. The van der Waals surface area contributed by atoms with Gasteiger partial charge in [0.15, 0.2) is 0 Å². The number of methoxy groups -OCH3 is 1. The Labute approximate surface area is 126 Å². The Morgan fingerprint density at radius 1 is 1.43 bits per heavy atom. The second-order valence-electron chi connectivity index (χ2n) is 4.22. The molecule has 21 heavy (non-hydrogen) atoms. The van der Waals surface area contributed by atoms with Gasteiger partial charge in [-0.05, 0) is 13.0 Å². The summed E-state index contributed by atoms with van der Waals surface area (Å²) in [6, 6.07) is 6.95. The molecule has 6 heteroatoms. The third-order valence-electron chi connectivity index (χ3n) is 2.69. The fraction of sp³-hybridized carbons (Fsp3) is 0.200. The number of aliphatic carboxylic acids is 1. The van der Waals surface area contributed by atoms with Crippen LogP contribution in [0.25, 0.3) is 5.57 Å². The molecule has 0 unspecified atom stereocenters. The Hall–Kier alpha value is -2.34. The predicted octanol–water partition coefficient (Wildman–Crippen LogP) is 3.10. The Kier molecular flexibility index (Phi) is 4.94. The van der Waals surface area contributed by atoms with Gasteiger partial charge in [0.2, 0.25) is 0 Å². The molecule has 0 spiro atoms. The number of aryl methyl sites for hydroxylation is 1. The molecular weight excluding hydrogens is 290 g/mol. The van der Waals surface area contributed by atoms with Crippen molar-refractivity contribution >= 4 is 22.9 Å². The van der Waals surface area contributed by atoms with Gasteiger partial charge in [0, 0.05) is 10.9 Å². The zero-order valence-corrected chi connectivity index (χ0v) is 12.5. The number of thiazole rings is 1. The number of nitrogens with zero attached hydrogens (tertiary/aromatic N) is 1. The summed E-state index contributed by atoms with van der Waals surface area (Å²) in [6.45, 7) is 2.22. The van der Waals surface area contributed by atoms with Crippen LogP contribution in [0.15, 0.2) is 35.9 Å². The molecule has 1 aromatic heterocycles. The molecule has 0 saturated carbocycles. The monoisotopic (exact) mass is 305 g/mol. The van der Waals surface area contributed by atoms with Gasteiger partial charge in [-0.25, -0.2) is 9.78 Å². The highest BCUT2D eigenvalue weighted by Crippen LogP contribution is 2.27. The summed E-state index contributed by atoms with van der Waals surface area (Å²) in [4.78, 5) is 15.6. The van der Waals surface area contributed by atoms with E-state index in [0.717, 1.165) is 10.7 Å². The summed E-state index contributed by atoms with van der Waals surface area (Å²) in [5, 5.41) is 12.1. The van der Waals surface area contributed by atoms with E-state index in [0.29, 0.717) is 17.9 Å². The van der Waals surface area contributed by atoms with Gasteiger partial charge in [-0.1, -0.05) is 18.2 Å². The lowest BCUT2D eigenvalue weighted by Gasteiger charge is -2.11. The summed E-state index contributed by atoms with van der Waals surface area (Å²) >= 11 is 1.55. The molecule has 5 nitrogen and oxygen atoms in total. The quantitative estimate of drug-likeness (QED) is 0.656. The number of carbonyl (C=O) groups is 1. The van der Waals surface area contributed by atoms with Crippen LogP contribution in [0, 0.1) is 6.92 Å². The Bertz CT molecular complexity index is 663. The van der Waals surface area contributed by atoms with Gasteiger partial charge in [0.05, 0.1) is 24.1 Å². The molecule has 0 radical (unpaired) electrons. The Morgan fingerprint density at radius 3 is 2.81 bits per heavy atom.